The average molecular weight is 432 g/mol. The molecule has 0 radical (unpaired) electrons. The second-order valence-corrected chi connectivity index (χ2v) is 8.69. The first-order valence-electron chi connectivity index (χ1n) is 11.3. The third-order valence-electron chi connectivity index (χ3n) is 6.52. The zero-order valence-electron chi connectivity index (χ0n) is 18.4. The van der Waals surface area contributed by atoms with Gasteiger partial charge in [0.25, 0.3) is 0 Å². The van der Waals surface area contributed by atoms with Crippen molar-refractivity contribution in [1.29, 1.82) is 5.41 Å². The highest BCUT2D eigenvalue weighted by molar-refractivity contribution is 6.09. The fourth-order valence-electron chi connectivity index (χ4n) is 4.66. The molecule has 1 fully saturated rings. The molecule has 3 aliphatic heterocycles. The van der Waals surface area contributed by atoms with Crippen LogP contribution in [0, 0.1) is 5.41 Å². The first kappa shape index (κ1) is 20.7. The number of amidine groups is 1. The van der Waals surface area contributed by atoms with Crippen LogP contribution in [-0.2, 0) is 16.0 Å². The monoisotopic (exact) mass is 431 g/mol. The first-order valence-corrected chi connectivity index (χ1v) is 11.3. The van der Waals surface area contributed by atoms with Crippen molar-refractivity contribution >= 4 is 17.4 Å². The van der Waals surface area contributed by atoms with E-state index in [0.717, 1.165) is 54.0 Å². The van der Waals surface area contributed by atoms with Gasteiger partial charge in [0.05, 0.1) is 31.5 Å². The van der Waals surface area contributed by atoms with Gasteiger partial charge in [-0.1, -0.05) is 12.1 Å². The third-order valence-corrected chi connectivity index (χ3v) is 6.52. The van der Waals surface area contributed by atoms with Crippen molar-refractivity contribution in [2.24, 2.45) is 0 Å². The van der Waals surface area contributed by atoms with Crippen LogP contribution >= 0.6 is 0 Å². The van der Waals surface area contributed by atoms with Crippen LogP contribution in [0.5, 0.6) is 0 Å². The normalized spacial score (nSPS) is 18.8. The van der Waals surface area contributed by atoms with E-state index in [9.17, 15) is 4.79 Å². The molecule has 1 saturated heterocycles. The minimum absolute atomic E-state index is 0.0559. The molecule has 7 nitrogen and oxygen atoms in total. The number of rotatable bonds is 4. The summed E-state index contributed by atoms with van der Waals surface area (Å²) < 4.78 is 5.32. The van der Waals surface area contributed by atoms with Gasteiger partial charge in [0.1, 0.15) is 5.84 Å². The summed E-state index contributed by atoms with van der Waals surface area (Å²) in [4.78, 5) is 20.5. The van der Waals surface area contributed by atoms with Crippen molar-refractivity contribution in [3.8, 4) is 11.3 Å². The second kappa shape index (κ2) is 8.74. The first-order chi connectivity index (χ1) is 15.6. The fourth-order valence-corrected chi connectivity index (χ4v) is 4.66. The summed E-state index contributed by atoms with van der Waals surface area (Å²) in [6.45, 7) is 4.97. The molecular formula is C25H29N5O2. The molecule has 1 aromatic heterocycles. The van der Waals surface area contributed by atoms with Gasteiger partial charge in [0.15, 0.2) is 0 Å². The SMILES string of the molecule is CC(=O)N1CCC(NC2COC2)=C(C(=N)N2CCCc3cc(-c4ccccn4)ccc32)C1. The number of aromatic nitrogens is 1. The lowest BCUT2D eigenvalue weighted by atomic mass is 9.96. The summed E-state index contributed by atoms with van der Waals surface area (Å²) in [7, 11) is 0. The summed E-state index contributed by atoms with van der Waals surface area (Å²) in [6, 6.07) is 12.7. The van der Waals surface area contributed by atoms with Crippen LogP contribution in [0.2, 0.25) is 0 Å². The number of hydrogen-bond donors (Lipinski definition) is 2. The minimum Gasteiger partial charge on any atom is -0.381 e. The molecule has 0 atom stereocenters. The Morgan fingerprint density at radius 2 is 2.06 bits per heavy atom. The molecule has 166 valence electrons. The van der Waals surface area contributed by atoms with Crippen molar-refractivity contribution in [2.45, 2.75) is 32.2 Å². The molecule has 5 rings (SSSR count). The zero-order chi connectivity index (χ0) is 22.1. The highest BCUT2D eigenvalue weighted by Crippen LogP contribution is 2.33. The summed E-state index contributed by atoms with van der Waals surface area (Å²) in [5.74, 6) is 0.547. The number of nitrogens with one attached hydrogen (secondary N) is 2. The van der Waals surface area contributed by atoms with Crippen molar-refractivity contribution in [3.63, 3.8) is 0 Å². The van der Waals surface area contributed by atoms with E-state index in [0.29, 0.717) is 38.2 Å². The minimum atomic E-state index is 0.0559. The van der Waals surface area contributed by atoms with E-state index in [4.69, 9.17) is 10.1 Å². The van der Waals surface area contributed by atoms with Crippen molar-refractivity contribution in [2.75, 3.05) is 37.7 Å². The maximum atomic E-state index is 12.1. The van der Waals surface area contributed by atoms with E-state index < -0.39 is 0 Å². The van der Waals surface area contributed by atoms with E-state index in [2.05, 4.69) is 33.4 Å². The van der Waals surface area contributed by atoms with Gasteiger partial charge in [-0.05, 0) is 42.7 Å². The quantitative estimate of drug-likeness (QED) is 0.575. The van der Waals surface area contributed by atoms with Gasteiger partial charge in [0.2, 0.25) is 5.91 Å². The van der Waals surface area contributed by atoms with E-state index >= 15 is 0 Å². The molecule has 32 heavy (non-hydrogen) atoms. The number of ether oxygens (including phenoxy) is 1. The van der Waals surface area contributed by atoms with E-state index in [1.807, 2.05) is 29.3 Å². The van der Waals surface area contributed by atoms with Crippen LogP contribution in [0.1, 0.15) is 25.3 Å². The molecule has 0 bridgehead atoms. The number of amides is 1. The predicted molar refractivity (Wildman–Crippen MR) is 125 cm³/mol. The maximum Gasteiger partial charge on any atom is 0.219 e. The molecule has 7 heteroatoms. The molecule has 0 spiro atoms. The van der Waals surface area contributed by atoms with Crippen LogP contribution in [0.4, 0.5) is 5.69 Å². The van der Waals surface area contributed by atoms with Crippen LogP contribution in [0.3, 0.4) is 0 Å². The van der Waals surface area contributed by atoms with E-state index in [1.165, 1.54) is 5.56 Å². The molecule has 2 N–H and O–H groups in total. The summed E-state index contributed by atoms with van der Waals surface area (Å²) in [6.07, 6.45) is 4.54. The van der Waals surface area contributed by atoms with Gasteiger partial charge < -0.3 is 19.9 Å². The second-order valence-electron chi connectivity index (χ2n) is 8.69. The number of fused-ring (bicyclic) bond motifs is 1. The van der Waals surface area contributed by atoms with Gasteiger partial charge in [0, 0.05) is 55.2 Å². The van der Waals surface area contributed by atoms with E-state index in [-0.39, 0.29) is 5.91 Å². The molecule has 4 heterocycles. The Bertz CT molecular complexity index is 1060. The number of aryl methyl sites for hydroxylation is 1. The Hall–Kier alpha value is -3.19. The standard InChI is InChI=1S/C25H29N5O2/c1-17(31)29-12-9-23(28-20-15-32-16-20)21(14-29)25(26)30-11-4-5-19-13-18(7-8-24(19)30)22-6-2-3-10-27-22/h2-3,6-8,10,13,20,26,28H,4-5,9,11-12,14-16H2,1H3. The van der Waals surface area contributed by atoms with Gasteiger partial charge in [-0.3, -0.25) is 15.2 Å². The number of pyridine rings is 1. The van der Waals surface area contributed by atoms with Crippen LogP contribution in [0.25, 0.3) is 11.3 Å². The number of carbonyl (C=O) groups excluding carboxylic acids is 1. The predicted octanol–water partition coefficient (Wildman–Crippen LogP) is 2.97. The molecule has 0 saturated carbocycles. The molecule has 0 unspecified atom stereocenters. The molecule has 1 aromatic carbocycles. The largest absolute Gasteiger partial charge is 0.381 e. The summed E-state index contributed by atoms with van der Waals surface area (Å²) in [5, 5.41) is 12.7. The molecular weight excluding hydrogens is 402 g/mol. The molecule has 2 aromatic rings. The number of hydrogen-bond acceptors (Lipinski definition) is 5. The Morgan fingerprint density at radius 1 is 1.19 bits per heavy atom. The van der Waals surface area contributed by atoms with Gasteiger partial charge >= 0.3 is 0 Å². The Kier molecular flexibility index (Phi) is 5.66. The lowest BCUT2D eigenvalue weighted by Gasteiger charge is -2.38. The highest BCUT2D eigenvalue weighted by Gasteiger charge is 2.30. The van der Waals surface area contributed by atoms with Crippen molar-refractivity contribution < 1.29 is 9.53 Å². The summed E-state index contributed by atoms with van der Waals surface area (Å²) >= 11 is 0. The van der Waals surface area contributed by atoms with Crippen molar-refractivity contribution in [3.05, 3.63) is 59.4 Å². The zero-order valence-corrected chi connectivity index (χ0v) is 18.4. The third kappa shape index (κ3) is 4.00. The fraction of sp³-hybridized carbons (Fsp3) is 0.400. The molecule has 0 aliphatic carbocycles. The van der Waals surface area contributed by atoms with Gasteiger partial charge in [-0.15, -0.1) is 0 Å². The average Bonchev–Trinajstić information content (AvgIpc) is 2.80. The Morgan fingerprint density at radius 3 is 2.78 bits per heavy atom. The number of anilines is 1. The number of carbonyl (C=O) groups is 1. The van der Waals surface area contributed by atoms with Gasteiger partial charge in [-0.2, -0.15) is 0 Å². The number of nitrogens with zero attached hydrogens (tertiary/aromatic N) is 3. The van der Waals surface area contributed by atoms with Crippen LogP contribution in [0.15, 0.2) is 53.9 Å². The lowest BCUT2D eigenvalue weighted by Crippen LogP contribution is -2.50. The maximum absolute atomic E-state index is 12.1. The lowest BCUT2D eigenvalue weighted by molar-refractivity contribution is -0.128. The molecule has 1 amide bonds. The Labute approximate surface area is 188 Å². The van der Waals surface area contributed by atoms with E-state index in [1.54, 1.807) is 6.92 Å². The highest BCUT2D eigenvalue weighted by atomic mass is 16.5. The molecule has 3 aliphatic rings. The van der Waals surface area contributed by atoms with Crippen LogP contribution < -0.4 is 10.2 Å². The van der Waals surface area contributed by atoms with Crippen LogP contribution in [-0.4, -0.2) is 60.5 Å². The Balaban J connectivity index is 1.45. The number of benzene rings is 1. The van der Waals surface area contributed by atoms with Crippen molar-refractivity contribution in [1.82, 2.24) is 15.2 Å². The van der Waals surface area contributed by atoms with Gasteiger partial charge in [-0.25, -0.2) is 0 Å². The summed E-state index contributed by atoms with van der Waals surface area (Å²) in [5.41, 5.74) is 6.39. The smallest absolute Gasteiger partial charge is 0.219 e. The topological polar surface area (TPSA) is 81.6 Å².